The molecular formula is C24H32N6O3. The number of fused-ring (bicyclic) bond motifs is 3. The van der Waals surface area contributed by atoms with Gasteiger partial charge in [0.05, 0.1) is 11.3 Å². The summed E-state index contributed by atoms with van der Waals surface area (Å²) >= 11 is 0. The van der Waals surface area contributed by atoms with Crippen molar-refractivity contribution in [1.29, 1.82) is 0 Å². The first-order valence-corrected chi connectivity index (χ1v) is 11.6. The molecule has 2 heterocycles. The Morgan fingerprint density at radius 2 is 1.94 bits per heavy atom. The Morgan fingerprint density at radius 3 is 2.64 bits per heavy atom. The molecule has 1 amide bonds. The van der Waals surface area contributed by atoms with Crippen molar-refractivity contribution in [3.63, 3.8) is 0 Å². The highest BCUT2D eigenvalue weighted by atomic mass is 16.4. The Kier molecular flexibility index (Phi) is 6.34. The molecule has 1 saturated carbocycles. The number of hydrogen-bond acceptors (Lipinski definition) is 6. The average molecular weight is 453 g/mol. The third kappa shape index (κ3) is 4.68. The fraction of sp³-hybridized carbons (Fsp3) is 0.542. The van der Waals surface area contributed by atoms with Crippen LogP contribution in [0.1, 0.15) is 76.4 Å². The zero-order valence-electron chi connectivity index (χ0n) is 19.7. The molecule has 4 rings (SSSR count). The van der Waals surface area contributed by atoms with Crippen molar-refractivity contribution < 1.29 is 14.7 Å². The highest BCUT2D eigenvalue weighted by Crippen LogP contribution is 2.37. The fourth-order valence-corrected chi connectivity index (χ4v) is 4.75. The number of nitrogens with zero attached hydrogens (tertiary/aromatic N) is 4. The van der Waals surface area contributed by atoms with Gasteiger partial charge in [-0.2, -0.15) is 4.68 Å². The van der Waals surface area contributed by atoms with Gasteiger partial charge >= 0.3 is 5.97 Å². The van der Waals surface area contributed by atoms with E-state index in [1.165, 1.54) is 18.1 Å². The molecule has 1 atom stereocenters. The maximum absolute atomic E-state index is 12.8. The normalized spacial score (nSPS) is 23.7. The number of carboxylic acids is 1. The van der Waals surface area contributed by atoms with Crippen molar-refractivity contribution in [2.45, 2.75) is 78.3 Å². The van der Waals surface area contributed by atoms with E-state index >= 15 is 0 Å². The van der Waals surface area contributed by atoms with Crippen LogP contribution in [0, 0.1) is 5.41 Å². The first-order chi connectivity index (χ1) is 15.7. The Balaban J connectivity index is 1.35. The lowest BCUT2D eigenvalue weighted by atomic mass is 9.73. The lowest BCUT2D eigenvalue weighted by Gasteiger charge is -2.37. The zero-order valence-corrected chi connectivity index (χ0v) is 19.7. The number of aliphatic carboxylic acids is 1. The summed E-state index contributed by atoms with van der Waals surface area (Å²) in [5, 5.41) is 27.6. The predicted octanol–water partition coefficient (Wildman–Crippen LogP) is 2.86. The summed E-state index contributed by atoms with van der Waals surface area (Å²) in [6.07, 6.45) is 5.09. The van der Waals surface area contributed by atoms with Crippen LogP contribution in [0.3, 0.4) is 0 Å². The van der Waals surface area contributed by atoms with Crippen molar-refractivity contribution in [3.8, 4) is 5.69 Å². The number of tetrazole rings is 1. The second-order valence-electron chi connectivity index (χ2n) is 9.63. The number of carbonyl (C=O) groups excluding carboxylic acids is 1. The number of hydrogen-bond donors (Lipinski definition) is 3. The van der Waals surface area contributed by atoms with Gasteiger partial charge in [0.25, 0.3) is 0 Å². The number of rotatable bonds is 6. The molecule has 1 aliphatic carbocycles. The van der Waals surface area contributed by atoms with E-state index < -0.39 is 11.4 Å². The first-order valence-electron chi connectivity index (χ1n) is 11.6. The highest BCUT2D eigenvalue weighted by molar-refractivity contribution is 5.89. The Bertz CT molecular complexity index is 1100. The van der Waals surface area contributed by atoms with E-state index in [-0.39, 0.29) is 17.5 Å². The van der Waals surface area contributed by atoms with Crippen LogP contribution in [0.15, 0.2) is 29.5 Å². The topological polar surface area (TPSA) is 122 Å². The summed E-state index contributed by atoms with van der Waals surface area (Å²) in [7, 11) is 0. The van der Waals surface area contributed by atoms with Crippen molar-refractivity contribution >= 4 is 11.9 Å². The van der Waals surface area contributed by atoms with Crippen LogP contribution in [-0.4, -0.2) is 43.2 Å². The van der Waals surface area contributed by atoms with Crippen LogP contribution < -0.4 is 10.6 Å². The van der Waals surface area contributed by atoms with Gasteiger partial charge < -0.3 is 15.7 Å². The Labute approximate surface area is 193 Å². The number of benzene rings is 1. The number of amides is 1. The monoisotopic (exact) mass is 452 g/mol. The van der Waals surface area contributed by atoms with Gasteiger partial charge in [0, 0.05) is 29.6 Å². The molecule has 0 unspecified atom stereocenters. The van der Waals surface area contributed by atoms with Crippen LogP contribution in [-0.2, 0) is 22.4 Å². The molecule has 9 heteroatoms. The summed E-state index contributed by atoms with van der Waals surface area (Å²) < 4.78 is 1.82. The van der Waals surface area contributed by atoms with E-state index in [2.05, 4.69) is 51.3 Å². The number of nitrogens with one attached hydrogen (secondary N) is 2. The second-order valence-corrected chi connectivity index (χ2v) is 9.63. The number of aryl methyl sites for hydroxylation is 2. The summed E-state index contributed by atoms with van der Waals surface area (Å²) in [5.41, 5.74) is 3.63. The molecule has 2 aliphatic rings. The third-order valence-corrected chi connectivity index (χ3v) is 7.29. The molecule has 0 spiro atoms. The lowest BCUT2D eigenvalue weighted by Crippen LogP contribution is -2.45. The maximum atomic E-state index is 12.8. The van der Waals surface area contributed by atoms with Crippen LogP contribution in [0.25, 0.3) is 5.69 Å². The standard InChI is InChI=1S/C24H32N6O3/c1-14(22(31)32)15(2)26-23(33)24(4)11-9-19(10-12-24)25-16(3)17-5-7-20-18(13-17)6-8-21-27-28-29-30(20)21/h5,7,13,16,19,25H,6,8-12H2,1-4H3,(H,26,33)(H,31,32)/b15-14+/t16-,19?,24?/m1/s1. The van der Waals surface area contributed by atoms with Gasteiger partial charge in [-0.15, -0.1) is 5.10 Å². The highest BCUT2D eigenvalue weighted by Gasteiger charge is 2.38. The van der Waals surface area contributed by atoms with Gasteiger partial charge in [-0.1, -0.05) is 19.1 Å². The minimum atomic E-state index is -1.01. The van der Waals surface area contributed by atoms with Crippen LogP contribution in [0.4, 0.5) is 0 Å². The van der Waals surface area contributed by atoms with E-state index in [0.717, 1.165) is 50.0 Å². The van der Waals surface area contributed by atoms with E-state index in [0.29, 0.717) is 11.7 Å². The maximum Gasteiger partial charge on any atom is 0.333 e. The third-order valence-electron chi connectivity index (χ3n) is 7.29. The molecule has 33 heavy (non-hydrogen) atoms. The summed E-state index contributed by atoms with van der Waals surface area (Å²) in [5.74, 6) is -0.205. The van der Waals surface area contributed by atoms with Gasteiger partial charge in [-0.25, -0.2) is 4.79 Å². The van der Waals surface area contributed by atoms with Crippen molar-refractivity contribution in [1.82, 2.24) is 30.8 Å². The quantitative estimate of drug-likeness (QED) is 0.576. The first kappa shape index (κ1) is 23.1. The Hall–Kier alpha value is -3.07. The second kappa shape index (κ2) is 9.05. The molecule has 1 aromatic heterocycles. The molecule has 0 radical (unpaired) electrons. The van der Waals surface area contributed by atoms with E-state index in [9.17, 15) is 9.59 Å². The zero-order chi connectivity index (χ0) is 23.8. The van der Waals surface area contributed by atoms with Crippen LogP contribution in [0.5, 0.6) is 0 Å². The van der Waals surface area contributed by atoms with Gasteiger partial charge in [0.2, 0.25) is 5.91 Å². The molecule has 9 nitrogen and oxygen atoms in total. The van der Waals surface area contributed by atoms with Gasteiger partial charge in [-0.05, 0) is 80.5 Å². The van der Waals surface area contributed by atoms with Crippen LogP contribution in [0.2, 0.25) is 0 Å². The summed E-state index contributed by atoms with van der Waals surface area (Å²) in [4.78, 5) is 24.0. The van der Waals surface area contributed by atoms with Gasteiger partial charge in [0.1, 0.15) is 0 Å². The molecule has 1 aromatic carbocycles. The number of aromatic nitrogens is 4. The van der Waals surface area contributed by atoms with E-state index in [4.69, 9.17) is 5.11 Å². The fourth-order valence-electron chi connectivity index (χ4n) is 4.75. The SMILES string of the molecule is C/C(NC(=O)C1(C)CCC(N[C@H](C)c2ccc3c(c2)CCc2nnnn2-3)CC1)=C(/C)C(=O)O. The van der Waals surface area contributed by atoms with Crippen molar-refractivity contribution in [2.24, 2.45) is 5.41 Å². The number of carbonyl (C=O) groups is 2. The molecule has 2 aromatic rings. The molecule has 1 fully saturated rings. The van der Waals surface area contributed by atoms with Gasteiger partial charge in [-0.3, -0.25) is 4.79 Å². The summed E-state index contributed by atoms with van der Waals surface area (Å²) in [6, 6.07) is 7.00. The minimum Gasteiger partial charge on any atom is -0.478 e. The van der Waals surface area contributed by atoms with Crippen molar-refractivity contribution in [3.05, 3.63) is 46.4 Å². The van der Waals surface area contributed by atoms with Crippen molar-refractivity contribution in [2.75, 3.05) is 0 Å². The van der Waals surface area contributed by atoms with Gasteiger partial charge in [0.15, 0.2) is 5.82 Å². The predicted molar refractivity (Wildman–Crippen MR) is 123 cm³/mol. The molecule has 3 N–H and O–H groups in total. The number of carboxylic acid groups (broad SMARTS) is 1. The lowest BCUT2D eigenvalue weighted by molar-refractivity contribution is -0.132. The molecule has 0 saturated heterocycles. The van der Waals surface area contributed by atoms with Crippen LogP contribution >= 0.6 is 0 Å². The molecule has 1 aliphatic heterocycles. The van der Waals surface area contributed by atoms with E-state index in [1.54, 1.807) is 6.92 Å². The Morgan fingerprint density at radius 1 is 1.21 bits per heavy atom. The minimum absolute atomic E-state index is 0.0937. The van der Waals surface area contributed by atoms with E-state index in [1.807, 2.05) is 11.6 Å². The summed E-state index contributed by atoms with van der Waals surface area (Å²) in [6.45, 7) is 7.29. The average Bonchev–Trinajstić information content (AvgIpc) is 3.29. The molecule has 176 valence electrons. The smallest absolute Gasteiger partial charge is 0.333 e. The largest absolute Gasteiger partial charge is 0.478 e. The number of allylic oxidation sites excluding steroid dienone is 1. The molecule has 0 bridgehead atoms. The molecular weight excluding hydrogens is 420 g/mol.